The minimum Gasteiger partial charge on any atom is -0.330 e. The minimum absolute atomic E-state index is 0.859. The van der Waals surface area contributed by atoms with Gasteiger partial charge in [0.15, 0.2) is 0 Å². The maximum absolute atomic E-state index is 5.51. The molecule has 0 aromatic carbocycles. The molecule has 0 heterocycles. The van der Waals surface area contributed by atoms with Crippen LogP contribution >= 0.6 is 0 Å². The highest BCUT2D eigenvalue weighted by molar-refractivity contribution is 4.55. The zero-order chi connectivity index (χ0) is 14.2. The van der Waals surface area contributed by atoms with Gasteiger partial charge in [-0.3, -0.25) is 0 Å². The van der Waals surface area contributed by atoms with Crippen LogP contribution in [-0.4, -0.2) is 13.1 Å². The van der Waals surface area contributed by atoms with E-state index in [1.165, 1.54) is 83.5 Å². The third-order valence-electron chi connectivity index (χ3n) is 4.05. The average molecular weight is 271 g/mol. The summed E-state index contributed by atoms with van der Waals surface area (Å²) in [6, 6.07) is 0. The first-order chi connectivity index (χ1) is 9.31. The van der Waals surface area contributed by atoms with E-state index in [2.05, 4.69) is 6.92 Å². The summed E-state index contributed by atoms with van der Waals surface area (Å²) in [7, 11) is 0. The molecule has 0 aliphatic carbocycles. The van der Waals surface area contributed by atoms with Gasteiger partial charge in [-0.2, -0.15) is 0 Å². The molecule has 0 aliphatic rings. The van der Waals surface area contributed by atoms with Gasteiger partial charge < -0.3 is 11.5 Å². The summed E-state index contributed by atoms with van der Waals surface area (Å²) in [5, 5.41) is 0. The van der Waals surface area contributed by atoms with Crippen LogP contribution in [0.25, 0.3) is 0 Å². The normalized spacial score (nSPS) is 12.8. The summed E-state index contributed by atoms with van der Waals surface area (Å²) >= 11 is 0. The van der Waals surface area contributed by atoms with Crippen LogP contribution in [0.5, 0.6) is 0 Å². The maximum Gasteiger partial charge on any atom is -0.00773 e. The summed E-state index contributed by atoms with van der Waals surface area (Å²) in [6.07, 6.45) is 17.8. The molecular formula is C17H38N2. The van der Waals surface area contributed by atoms with Gasteiger partial charge in [0.05, 0.1) is 0 Å². The SMILES string of the molecule is CC(CCCCN)CCCCCCCCCCCN. The van der Waals surface area contributed by atoms with Crippen LogP contribution in [0.3, 0.4) is 0 Å². The van der Waals surface area contributed by atoms with E-state index in [4.69, 9.17) is 11.5 Å². The Hall–Kier alpha value is -0.0800. The molecule has 0 aromatic rings. The standard InChI is InChI=1S/C17H38N2/c1-17(14-10-12-16-19)13-9-7-5-3-2-4-6-8-11-15-18/h17H,2-16,18-19H2,1H3. The molecule has 4 N–H and O–H groups in total. The summed E-state index contributed by atoms with van der Waals surface area (Å²) < 4.78 is 0. The molecule has 0 amide bonds. The molecule has 0 spiro atoms. The predicted molar refractivity (Wildman–Crippen MR) is 87.3 cm³/mol. The first-order valence-corrected chi connectivity index (χ1v) is 8.71. The first-order valence-electron chi connectivity index (χ1n) is 8.71. The van der Waals surface area contributed by atoms with E-state index in [0.29, 0.717) is 0 Å². The molecule has 1 atom stereocenters. The zero-order valence-electron chi connectivity index (χ0n) is 13.3. The largest absolute Gasteiger partial charge is 0.330 e. The van der Waals surface area contributed by atoms with Gasteiger partial charge in [0.1, 0.15) is 0 Å². The van der Waals surface area contributed by atoms with Crippen molar-refractivity contribution in [1.29, 1.82) is 0 Å². The van der Waals surface area contributed by atoms with Crippen LogP contribution < -0.4 is 11.5 Å². The van der Waals surface area contributed by atoms with Crippen molar-refractivity contribution in [1.82, 2.24) is 0 Å². The molecule has 0 radical (unpaired) electrons. The van der Waals surface area contributed by atoms with Crippen molar-refractivity contribution in [3.63, 3.8) is 0 Å². The number of unbranched alkanes of at least 4 members (excludes halogenated alkanes) is 9. The van der Waals surface area contributed by atoms with Gasteiger partial charge in [0, 0.05) is 0 Å². The third kappa shape index (κ3) is 15.9. The Labute approximate surface area is 121 Å². The number of hydrogen-bond donors (Lipinski definition) is 2. The van der Waals surface area contributed by atoms with Gasteiger partial charge in [0.2, 0.25) is 0 Å². The van der Waals surface area contributed by atoms with E-state index < -0.39 is 0 Å². The lowest BCUT2D eigenvalue weighted by Gasteiger charge is -2.10. The van der Waals surface area contributed by atoms with Gasteiger partial charge in [-0.15, -0.1) is 0 Å². The molecule has 0 bridgehead atoms. The minimum atomic E-state index is 0.859. The quantitative estimate of drug-likeness (QED) is 0.427. The van der Waals surface area contributed by atoms with Crippen LogP contribution in [-0.2, 0) is 0 Å². The van der Waals surface area contributed by atoms with Gasteiger partial charge in [-0.05, 0) is 31.8 Å². The Bertz CT molecular complexity index is 159. The number of nitrogens with two attached hydrogens (primary N) is 2. The highest BCUT2D eigenvalue weighted by Gasteiger charge is 2.01. The van der Waals surface area contributed by atoms with E-state index in [1.54, 1.807) is 0 Å². The first kappa shape index (κ1) is 18.9. The van der Waals surface area contributed by atoms with E-state index in [9.17, 15) is 0 Å². The topological polar surface area (TPSA) is 52.0 Å². The molecule has 2 nitrogen and oxygen atoms in total. The smallest absolute Gasteiger partial charge is 0.00773 e. The molecule has 0 fully saturated rings. The highest BCUT2D eigenvalue weighted by Crippen LogP contribution is 2.17. The molecular weight excluding hydrogens is 232 g/mol. The zero-order valence-corrected chi connectivity index (χ0v) is 13.3. The molecule has 1 unspecified atom stereocenters. The van der Waals surface area contributed by atoms with Gasteiger partial charge >= 0.3 is 0 Å². The molecule has 0 rings (SSSR count). The second-order valence-corrected chi connectivity index (χ2v) is 6.15. The second-order valence-electron chi connectivity index (χ2n) is 6.15. The monoisotopic (exact) mass is 270 g/mol. The number of rotatable bonds is 15. The Balaban J connectivity index is 3.05. The fourth-order valence-electron chi connectivity index (χ4n) is 2.66. The van der Waals surface area contributed by atoms with E-state index in [-0.39, 0.29) is 0 Å². The Morgan fingerprint density at radius 2 is 0.842 bits per heavy atom. The van der Waals surface area contributed by atoms with E-state index in [1.807, 2.05) is 0 Å². The van der Waals surface area contributed by atoms with Gasteiger partial charge in [-0.1, -0.05) is 77.6 Å². The third-order valence-corrected chi connectivity index (χ3v) is 4.05. The maximum atomic E-state index is 5.51. The van der Waals surface area contributed by atoms with Crippen molar-refractivity contribution in [2.24, 2.45) is 17.4 Å². The number of hydrogen-bond acceptors (Lipinski definition) is 2. The molecule has 19 heavy (non-hydrogen) atoms. The van der Waals surface area contributed by atoms with Crippen molar-refractivity contribution < 1.29 is 0 Å². The van der Waals surface area contributed by atoms with Crippen LogP contribution in [0.15, 0.2) is 0 Å². The lowest BCUT2D eigenvalue weighted by molar-refractivity contribution is 0.438. The van der Waals surface area contributed by atoms with Crippen LogP contribution in [0.4, 0.5) is 0 Å². The lowest BCUT2D eigenvalue weighted by atomic mass is 9.96. The highest BCUT2D eigenvalue weighted by atomic mass is 14.5. The second kappa shape index (κ2) is 16.0. The van der Waals surface area contributed by atoms with Gasteiger partial charge in [0.25, 0.3) is 0 Å². The van der Waals surface area contributed by atoms with Gasteiger partial charge in [-0.25, -0.2) is 0 Å². The van der Waals surface area contributed by atoms with Crippen LogP contribution in [0.2, 0.25) is 0 Å². The molecule has 0 aromatic heterocycles. The summed E-state index contributed by atoms with van der Waals surface area (Å²) in [4.78, 5) is 0. The molecule has 2 heteroatoms. The predicted octanol–water partition coefficient (Wildman–Crippen LogP) is 4.61. The molecule has 0 saturated heterocycles. The summed E-state index contributed by atoms with van der Waals surface area (Å²) in [5.41, 5.74) is 11.0. The summed E-state index contributed by atoms with van der Waals surface area (Å²) in [5.74, 6) is 0.905. The molecule has 116 valence electrons. The van der Waals surface area contributed by atoms with Crippen molar-refractivity contribution >= 4 is 0 Å². The van der Waals surface area contributed by atoms with Crippen molar-refractivity contribution in [3.8, 4) is 0 Å². The molecule has 0 saturated carbocycles. The lowest BCUT2D eigenvalue weighted by Crippen LogP contribution is -2.00. The fraction of sp³-hybridized carbons (Fsp3) is 1.00. The van der Waals surface area contributed by atoms with E-state index >= 15 is 0 Å². The Morgan fingerprint density at radius 1 is 0.526 bits per heavy atom. The van der Waals surface area contributed by atoms with Crippen molar-refractivity contribution in [3.05, 3.63) is 0 Å². The van der Waals surface area contributed by atoms with Crippen LogP contribution in [0, 0.1) is 5.92 Å². The van der Waals surface area contributed by atoms with Crippen molar-refractivity contribution in [2.75, 3.05) is 13.1 Å². The van der Waals surface area contributed by atoms with Crippen molar-refractivity contribution in [2.45, 2.75) is 90.4 Å². The Kier molecular flexibility index (Phi) is 15.9. The summed E-state index contributed by atoms with van der Waals surface area (Å²) in [6.45, 7) is 4.12. The molecule has 0 aliphatic heterocycles. The average Bonchev–Trinajstić information content (AvgIpc) is 2.41. The fourth-order valence-corrected chi connectivity index (χ4v) is 2.66. The Morgan fingerprint density at radius 3 is 1.32 bits per heavy atom. The van der Waals surface area contributed by atoms with E-state index in [0.717, 1.165) is 19.0 Å². The van der Waals surface area contributed by atoms with Crippen LogP contribution in [0.1, 0.15) is 90.4 Å².